The lowest BCUT2D eigenvalue weighted by atomic mass is 10.0. The molecule has 0 amide bonds. The summed E-state index contributed by atoms with van der Waals surface area (Å²) in [6, 6.07) is 0.126. The zero-order valence-electron chi connectivity index (χ0n) is 32.1. The minimum Gasteiger partial charge on any atom is -0.462 e. The van der Waals surface area contributed by atoms with Crippen molar-refractivity contribution in [3.8, 4) is 0 Å². The first-order valence-corrected chi connectivity index (χ1v) is 21.8. The Hall–Kier alpha value is -1.29. The molecule has 0 heterocycles. The minimum absolute atomic E-state index is 0.0447. The Labute approximate surface area is 306 Å². The van der Waals surface area contributed by atoms with E-state index in [1.54, 1.807) is 0 Å². The number of rotatable bonds is 38. The monoisotopic (exact) mass is 733 g/mol. The number of allylic oxidation sites excluding steroid dienone is 2. The first-order valence-electron chi connectivity index (χ1n) is 20.3. The smallest absolute Gasteiger partial charge is 0.462 e. The standard InChI is InChI=1S/C39H77N2O8P/c1-3-5-7-9-11-13-14-15-16-17-18-19-21-23-25-30-38(42)46-34-37(35-48-50(44,45)47-33-32-40)49-39(43)31-27-26-29-36(41)28-24-22-20-12-10-8-6-4-2/h15-16,36-37H,3-14,17-35,40-41H2,1-2H3,(H,44,45)/b16-15-/t36-,37+/m0/s1. The van der Waals surface area contributed by atoms with Crippen LogP contribution in [0.2, 0.25) is 0 Å². The Kier molecular flexibility index (Phi) is 35.2. The lowest BCUT2D eigenvalue weighted by Crippen LogP contribution is -2.29. The van der Waals surface area contributed by atoms with Crippen LogP contribution in [0.5, 0.6) is 0 Å². The molecule has 0 aromatic carbocycles. The number of ether oxygens (including phenoxy) is 2. The molecule has 11 heteroatoms. The van der Waals surface area contributed by atoms with Crippen LogP contribution in [0.1, 0.15) is 187 Å². The van der Waals surface area contributed by atoms with E-state index in [-0.39, 0.29) is 38.6 Å². The maximum absolute atomic E-state index is 12.6. The van der Waals surface area contributed by atoms with Crippen LogP contribution in [-0.2, 0) is 32.7 Å². The van der Waals surface area contributed by atoms with Gasteiger partial charge >= 0.3 is 19.8 Å². The van der Waals surface area contributed by atoms with Crippen molar-refractivity contribution >= 4 is 19.8 Å². The van der Waals surface area contributed by atoms with Crippen LogP contribution in [0.4, 0.5) is 0 Å². The van der Waals surface area contributed by atoms with E-state index in [0.717, 1.165) is 57.8 Å². The molecule has 0 fully saturated rings. The number of esters is 2. The topological polar surface area (TPSA) is 160 Å². The second kappa shape index (κ2) is 36.1. The van der Waals surface area contributed by atoms with Crippen LogP contribution in [0.3, 0.4) is 0 Å². The van der Waals surface area contributed by atoms with Crippen molar-refractivity contribution in [3.63, 3.8) is 0 Å². The average molecular weight is 733 g/mol. The van der Waals surface area contributed by atoms with E-state index in [1.807, 2.05) is 0 Å². The van der Waals surface area contributed by atoms with Gasteiger partial charge in [-0.25, -0.2) is 4.57 Å². The number of hydrogen-bond acceptors (Lipinski definition) is 9. The second-order valence-corrected chi connectivity index (χ2v) is 15.2. The van der Waals surface area contributed by atoms with Gasteiger partial charge in [0.1, 0.15) is 6.61 Å². The summed E-state index contributed by atoms with van der Waals surface area (Å²) in [5.74, 6) is -0.889. The predicted molar refractivity (Wildman–Crippen MR) is 205 cm³/mol. The molecule has 0 radical (unpaired) electrons. The number of phosphoric ester groups is 1. The third-order valence-electron chi connectivity index (χ3n) is 8.80. The normalized spacial score (nSPS) is 14.1. The van der Waals surface area contributed by atoms with Gasteiger partial charge in [0.25, 0.3) is 0 Å². The maximum Gasteiger partial charge on any atom is 0.472 e. The number of carbonyl (C=O) groups excluding carboxylic acids is 2. The molecule has 50 heavy (non-hydrogen) atoms. The summed E-state index contributed by atoms with van der Waals surface area (Å²) in [6.45, 7) is 3.64. The fraction of sp³-hybridized carbons (Fsp3) is 0.897. The lowest BCUT2D eigenvalue weighted by Gasteiger charge is -2.20. The van der Waals surface area contributed by atoms with Crippen LogP contribution >= 0.6 is 7.82 Å². The zero-order chi connectivity index (χ0) is 37.0. The van der Waals surface area contributed by atoms with Crippen molar-refractivity contribution < 1.29 is 37.6 Å². The van der Waals surface area contributed by atoms with Crippen molar-refractivity contribution in [2.75, 3.05) is 26.4 Å². The Balaban J connectivity index is 4.27. The fourth-order valence-corrected chi connectivity index (χ4v) is 6.47. The quantitative estimate of drug-likeness (QED) is 0.0241. The minimum atomic E-state index is -4.39. The van der Waals surface area contributed by atoms with Crippen molar-refractivity contribution in [2.45, 2.75) is 199 Å². The van der Waals surface area contributed by atoms with Gasteiger partial charge in [0.2, 0.25) is 0 Å². The Bertz CT molecular complexity index is 860. The Morgan fingerprint density at radius 3 is 1.66 bits per heavy atom. The van der Waals surface area contributed by atoms with E-state index in [2.05, 4.69) is 26.0 Å². The molecular formula is C39H77N2O8P. The molecule has 3 atom stereocenters. The molecule has 1 unspecified atom stereocenters. The van der Waals surface area contributed by atoms with Crippen molar-refractivity contribution in [2.24, 2.45) is 11.5 Å². The molecule has 0 saturated heterocycles. The van der Waals surface area contributed by atoms with Gasteiger partial charge in [-0.3, -0.25) is 18.6 Å². The number of phosphoric acid groups is 1. The van der Waals surface area contributed by atoms with Crippen molar-refractivity contribution in [1.82, 2.24) is 0 Å². The van der Waals surface area contributed by atoms with Crippen molar-refractivity contribution in [1.29, 1.82) is 0 Å². The summed E-state index contributed by atoms with van der Waals surface area (Å²) in [7, 11) is -4.39. The van der Waals surface area contributed by atoms with Gasteiger partial charge in [-0.1, -0.05) is 135 Å². The molecule has 0 aliphatic carbocycles. The highest BCUT2D eigenvalue weighted by molar-refractivity contribution is 7.47. The third kappa shape index (κ3) is 35.1. The largest absolute Gasteiger partial charge is 0.472 e. The second-order valence-electron chi connectivity index (χ2n) is 13.8. The van der Waals surface area contributed by atoms with Gasteiger partial charge in [0, 0.05) is 25.4 Å². The number of unbranched alkanes of at least 4 members (excludes halogenated alkanes) is 19. The first kappa shape index (κ1) is 48.7. The van der Waals surface area contributed by atoms with Gasteiger partial charge < -0.3 is 25.8 Å². The maximum atomic E-state index is 12.6. The Morgan fingerprint density at radius 2 is 1.10 bits per heavy atom. The summed E-state index contributed by atoms with van der Waals surface area (Å²) in [4.78, 5) is 34.8. The van der Waals surface area contributed by atoms with Gasteiger partial charge in [-0.15, -0.1) is 0 Å². The van der Waals surface area contributed by atoms with Crippen LogP contribution in [-0.4, -0.2) is 55.3 Å². The van der Waals surface area contributed by atoms with Crippen LogP contribution < -0.4 is 11.5 Å². The highest BCUT2D eigenvalue weighted by atomic mass is 31.2. The molecule has 0 aromatic heterocycles. The molecular weight excluding hydrogens is 655 g/mol. The predicted octanol–water partition coefficient (Wildman–Crippen LogP) is 9.99. The SMILES string of the molecule is CCCCCCCC/C=C\CCCCCCCC(=O)OC[C@H](COP(=O)(O)OCCN)OC(=O)CCCC[C@@H](N)CCCCCCCCCC. The molecule has 0 aliphatic heterocycles. The third-order valence-corrected chi connectivity index (χ3v) is 9.79. The van der Waals surface area contributed by atoms with Gasteiger partial charge in [0.05, 0.1) is 13.2 Å². The number of carbonyl (C=O) groups is 2. The van der Waals surface area contributed by atoms with Crippen molar-refractivity contribution in [3.05, 3.63) is 12.2 Å². The summed E-state index contributed by atoms with van der Waals surface area (Å²) in [6.07, 6.45) is 32.7. The van der Waals surface area contributed by atoms with E-state index < -0.39 is 32.5 Å². The van der Waals surface area contributed by atoms with Gasteiger partial charge in [-0.2, -0.15) is 0 Å². The van der Waals surface area contributed by atoms with E-state index in [4.69, 9.17) is 30.0 Å². The summed E-state index contributed by atoms with van der Waals surface area (Å²) in [5, 5.41) is 0. The molecule has 0 rings (SSSR count). The van der Waals surface area contributed by atoms with E-state index in [9.17, 15) is 19.0 Å². The summed E-state index contributed by atoms with van der Waals surface area (Å²) >= 11 is 0. The number of nitrogens with two attached hydrogens (primary N) is 2. The Morgan fingerprint density at radius 1 is 0.640 bits per heavy atom. The van der Waals surface area contributed by atoms with Gasteiger partial charge in [0.15, 0.2) is 6.10 Å². The van der Waals surface area contributed by atoms with Crippen LogP contribution in [0, 0.1) is 0 Å². The van der Waals surface area contributed by atoms with Crippen LogP contribution in [0.25, 0.3) is 0 Å². The fourth-order valence-electron chi connectivity index (χ4n) is 5.70. The zero-order valence-corrected chi connectivity index (χ0v) is 33.0. The molecule has 0 spiro atoms. The van der Waals surface area contributed by atoms with Gasteiger partial charge in [-0.05, 0) is 51.4 Å². The molecule has 0 saturated carbocycles. The van der Waals surface area contributed by atoms with E-state index in [1.165, 1.54) is 89.9 Å². The highest BCUT2D eigenvalue weighted by Gasteiger charge is 2.26. The average Bonchev–Trinajstić information content (AvgIpc) is 3.09. The molecule has 5 N–H and O–H groups in total. The molecule has 0 aliphatic rings. The summed E-state index contributed by atoms with van der Waals surface area (Å²) in [5.41, 5.74) is 11.6. The molecule has 0 bridgehead atoms. The lowest BCUT2D eigenvalue weighted by molar-refractivity contribution is -0.161. The van der Waals surface area contributed by atoms with E-state index >= 15 is 0 Å². The first-order chi connectivity index (χ1) is 24.2. The molecule has 10 nitrogen and oxygen atoms in total. The van der Waals surface area contributed by atoms with E-state index in [0.29, 0.717) is 12.8 Å². The summed E-state index contributed by atoms with van der Waals surface area (Å²) < 4.78 is 32.7. The number of hydrogen-bond donors (Lipinski definition) is 3. The van der Waals surface area contributed by atoms with Crippen LogP contribution in [0.15, 0.2) is 12.2 Å². The molecule has 296 valence electrons. The molecule has 0 aromatic rings. The highest BCUT2D eigenvalue weighted by Crippen LogP contribution is 2.43.